The van der Waals surface area contributed by atoms with E-state index in [-0.39, 0.29) is 11.9 Å². The van der Waals surface area contributed by atoms with Crippen molar-refractivity contribution in [2.45, 2.75) is 38.0 Å². The van der Waals surface area contributed by atoms with Crippen molar-refractivity contribution >= 4 is 17.7 Å². The number of nitrogens with zero attached hydrogens (tertiary/aromatic N) is 1. The second kappa shape index (κ2) is 9.64. The number of thioether (sulfide) groups is 1. The van der Waals surface area contributed by atoms with Gasteiger partial charge in [0.2, 0.25) is 5.91 Å². The predicted octanol–water partition coefficient (Wildman–Crippen LogP) is 2.83. The third kappa shape index (κ3) is 5.93. The van der Waals surface area contributed by atoms with Gasteiger partial charge in [-0.2, -0.15) is 11.8 Å². The van der Waals surface area contributed by atoms with Crippen LogP contribution in [0.5, 0.6) is 0 Å². The minimum Gasteiger partial charge on any atom is -0.354 e. The highest BCUT2D eigenvalue weighted by Crippen LogP contribution is 2.17. The van der Waals surface area contributed by atoms with Crippen LogP contribution in [0.3, 0.4) is 0 Å². The van der Waals surface area contributed by atoms with Crippen LogP contribution in [0.15, 0.2) is 24.3 Å². The molecule has 1 aliphatic heterocycles. The Kier molecular flexibility index (Phi) is 7.51. The zero-order valence-electron chi connectivity index (χ0n) is 13.9. The van der Waals surface area contributed by atoms with E-state index in [1.165, 1.54) is 11.1 Å². The van der Waals surface area contributed by atoms with Gasteiger partial charge in [0.15, 0.2) is 0 Å². The summed E-state index contributed by atoms with van der Waals surface area (Å²) in [6.45, 7) is 4.32. The van der Waals surface area contributed by atoms with E-state index in [0.717, 1.165) is 43.9 Å². The number of carbonyl (C=O) groups excluding carboxylic acids is 1. The highest BCUT2D eigenvalue weighted by Gasteiger charge is 2.27. The highest BCUT2D eigenvalue weighted by molar-refractivity contribution is 7.98. The lowest BCUT2D eigenvalue weighted by molar-refractivity contribution is -0.127. The maximum absolute atomic E-state index is 12.3. The average molecular weight is 330 g/mol. The van der Waals surface area contributed by atoms with E-state index in [0.29, 0.717) is 6.54 Å². The molecule has 0 radical (unpaired) electrons. The number of aryl methyl sites for hydroxylation is 1. The van der Waals surface area contributed by atoms with Gasteiger partial charge in [-0.25, -0.2) is 0 Å². The first-order valence-electron chi connectivity index (χ1n) is 8.29. The van der Waals surface area contributed by atoms with Gasteiger partial charge in [0, 0.05) is 18.1 Å². The summed E-state index contributed by atoms with van der Waals surface area (Å²) in [5, 5.41) is 3.07. The highest BCUT2D eigenvalue weighted by atomic mass is 32.2. The molecule has 4 heteroatoms. The third-order valence-electron chi connectivity index (χ3n) is 4.15. The lowest BCUT2D eigenvalue weighted by atomic mass is 10.0. The fourth-order valence-corrected chi connectivity index (χ4v) is 3.65. The first-order chi connectivity index (χ1) is 11.2. The molecule has 23 heavy (non-hydrogen) atoms. The van der Waals surface area contributed by atoms with Crippen LogP contribution in [0.25, 0.3) is 0 Å². The zero-order chi connectivity index (χ0) is 16.5. The number of rotatable bonds is 7. The van der Waals surface area contributed by atoms with Crippen LogP contribution in [0.4, 0.5) is 0 Å². The summed E-state index contributed by atoms with van der Waals surface area (Å²) >= 11 is 1.85. The Morgan fingerprint density at radius 2 is 2.17 bits per heavy atom. The third-order valence-corrected chi connectivity index (χ3v) is 5.18. The first-order valence-corrected chi connectivity index (χ1v) is 9.44. The van der Waals surface area contributed by atoms with Crippen molar-refractivity contribution in [3.8, 4) is 12.3 Å². The van der Waals surface area contributed by atoms with Gasteiger partial charge in [0.25, 0.3) is 0 Å². The molecule has 1 atom stereocenters. The van der Waals surface area contributed by atoms with Gasteiger partial charge in [0.05, 0.1) is 12.6 Å². The maximum atomic E-state index is 12.3. The van der Waals surface area contributed by atoms with E-state index >= 15 is 0 Å². The van der Waals surface area contributed by atoms with Crippen molar-refractivity contribution in [2.75, 3.05) is 25.4 Å². The molecule has 0 aromatic heterocycles. The zero-order valence-corrected chi connectivity index (χ0v) is 14.7. The number of amides is 1. The van der Waals surface area contributed by atoms with E-state index in [4.69, 9.17) is 6.42 Å². The molecule has 0 saturated carbocycles. The second-order valence-corrected chi connectivity index (χ2v) is 7.12. The molecule has 1 aliphatic rings. The van der Waals surface area contributed by atoms with Crippen LogP contribution in [-0.2, 0) is 10.5 Å². The quantitative estimate of drug-likeness (QED) is 0.616. The van der Waals surface area contributed by atoms with Gasteiger partial charge >= 0.3 is 0 Å². The van der Waals surface area contributed by atoms with Gasteiger partial charge in [-0.3, -0.25) is 9.69 Å². The predicted molar refractivity (Wildman–Crippen MR) is 98.4 cm³/mol. The molecular weight excluding hydrogens is 304 g/mol. The monoisotopic (exact) mass is 330 g/mol. The van der Waals surface area contributed by atoms with Gasteiger partial charge in [-0.1, -0.05) is 42.2 Å². The lowest BCUT2D eigenvalue weighted by Crippen LogP contribution is -2.49. The molecule has 1 heterocycles. The standard InChI is InChI=1S/C19H26N2OS/c1-3-12-21-13-5-4-6-18(21)19(22)20-11-14-23-15-17-9-7-16(2)8-10-17/h1,7-10,18H,4-6,11-15H2,2H3,(H,20,22). The van der Waals surface area contributed by atoms with Crippen LogP contribution < -0.4 is 5.32 Å². The summed E-state index contributed by atoms with van der Waals surface area (Å²) in [7, 11) is 0. The van der Waals surface area contributed by atoms with Crippen LogP contribution >= 0.6 is 11.8 Å². The molecule has 1 amide bonds. The summed E-state index contributed by atoms with van der Waals surface area (Å²) in [5.41, 5.74) is 2.62. The number of benzene rings is 1. The summed E-state index contributed by atoms with van der Waals surface area (Å²) in [6.07, 6.45) is 8.57. The molecule has 1 aromatic carbocycles. The summed E-state index contributed by atoms with van der Waals surface area (Å²) in [4.78, 5) is 14.4. The number of nitrogens with one attached hydrogen (secondary N) is 1. The summed E-state index contributed by atoms with van der Waals surface area (Å²) < 4.78 is 0. The topological polar surface area (TPSA) is 32.3 Å². The van der Waals surface area contributed by atoms with Crippen molar-refractivity contribution < 1.29 is 4.79 Å². The fraction of sp³-hybridized carbons (Fsp3) is 0.526. The number of carbonyl (C=O) groups is 1. The number of piperidine rings is 1. The molecule has 3 nitrogen and oxygen atoms in total. The molecule has 1 fully saturated rings. The molecule has 0 spiro atoms. The lowest BCUT2D eigenvalue weighted by Gasteiger charge is -2.33. The van der Waals surface area contributed by atoms with Gasteiger partial charge in [-0.15, -0.1) is 6.42 Å². The van der Waals surface area contributed by atoms with Crippen molar-refractivity contribution in [1.82, 2.24) is 10.2 Å². The smallest absolute Gasteiger partial charge is 0.237 e. The Hall–Kier alpha value is -1.44. The Morgan fingerprint density at radius 1 is 1.39 bits per heavy atom. The van der Waals surface area contributed by atoms with Crippen molar-refractivity contribution in [3.05, 3.63) is 35.4 Å². The van der Waals surface area contributed by atoms with E-state index in [1.54, 1.807) is 0 Å². The van der Waals surface area contributed by atoms with Crippen LogP contribution in [-0.4, -0.2) is 42.2 Å². The van der Waals surface area contributed by atoms with Gasteiger partial charge in [-0.05, 0) is 31.9 Å². The molecule has 0 aliphatic carbocycles. The molecule has 0 bridgehead atoms. The minimum atomic E-state index is -0.0399. The van der Waals surface area contributed by atoms with E-state index in [2.05, 4.69) is 47.3 Å². The van der Waals surface area contributed by atoms with Crippen LogP contribution in [0.2, 0.25) is 0 Å². The molecule has 1 saturated heterocycles. The molecule has 124 valence electrons. The Morgan fingerprint density at radius 3 is 2.91 bits per heavy atom. The van der Waals surface area contributed by atoms with E-state index in [1.807, 2.05) is 11.8 Å². The van der Waals surface area contributed by atoms with Crippen LogP contribution in [0.1, 0.15) is 30.4 Å². The Balaban J connectivity index is 1.66. The largest absolute Gasteiger partial charge is 0.354 e. The molecule has 1 unspecified atom stereocenters. The van der Waals surface area contributed by atoms with E-state index < -0.39 is 0 Å². The fourth-order valence-electron chi connectivity index (χ4n) is 2.83. The molecule has 2 rings (SSSR count). The van der Waals surface area contributed by atoms with Crippen LogP contribution in [0, 0.1) is 19.3 Å². The van der Waals surface area contributed by atoms with Crippen molar-refractivity contribution in [3.63, 3.8) is 0 Å². The van der Waals surface area contributed by atoms with E-state index in [9.17, 15) is 4.79 Å². The molecule has 1 N–H and O–H groups in total. The minimum absolute atomic E-state index is 0.0399. The second-order valence-electron chi connectivity index (χ2n) is 6.02. The number of likely N-dealkylation sites (tertiary alicyclic amines) is 1. The van der Waals surface area contributed by atoms with Gasteiger partial charge in [0.1, 0.15) is 0 Å². The molecular formula is C19H26N2OS. The summed E-state index contributed by atoms with van der Waals surface area (Å²) in [6, 6.07) is 8.57. The van der Waals surface area contributed by atoms with Crippen molar-refractivity contribution in [1.29, 1.82) is 0 Å². The first kappa shape index (κ1) is 17.9. The maximum Gasteiger partial charge on any atom is 0.237 e. The Labute approximate surface area is 144 Å². The van der Waals surface area contributed by atoms with Crippen molar-refractivity contribution in [2.24, 2.45) is 0 Å². The Bertz CT molecular complexity index is 535. The number of hydrogen-bond donors (Lipinski definition) is 1. The normalized spacial score (nSPS) is 18.3. The average Bonchev–Trinajstić information content (AvgIpc) is 2.57. The SMILES string of the molecule is C#CCN1CCCCC1C(=O)NCCSCc1ccc(C)cc1. The number of hydrogen-bond acceptors (Lipinski definition) is 3. The summed E-state index contributed by atoms with van der Waals surface area (Å²) in [5.74, 6) is 4.72. The molecule has 1 aromatic rings. The number of terminal acetylenes is 1. The van der Waals surface area contributed by atoms with Gasteiger partial charge < -0.3 is 5.32 Å².